The number of Topliss-reactive ketones (excluding diaryl/α,β-unsaturated/α-hetero) is 1. The number of carbonyl (C=O) groups is 1. The summed E-state index contributed by atoms with van der Waals surface area (Å²) in [6.45, 7) is 0.514. The zero-order valence-electron chi connectivity index (χ0n) is 8.90. The van der Waals surface area contributed by atoms with Crippen LogP contribution in [0.2, 0.25) is 0 Å². The lowest BCUT2D eigenvalue weighted by atomic mass is 10.1. The van der Waals surface area contributed by atoms with Crippen molar-refractivity contribution in [1.82, 2.24) is 0 Å². The molecule has 1 aromatic rings. The minimum atomic E-state index is -0.414. The number of ether oxygens (including phenoxy) is 1. The monoisotopic (exact) mass is 215 g/mol. The Morgan fingerprint density at radius 1 is 1.56 bits per heavy atom. The van der Waals surface area contributed by atoms with Crippen molar-refractivity contribution in [3.05, 3.63) is 24.3 Å². The number of terminal acetylenes is 1. The molecule has 0 saturated heterocycles. The van der Waals surface area contributed by atoms with E-state index in [9.17, 15) is 4.79 Å². The number of ketones is 1. The number of rotatable bonds is 3. The SMILES string of the molecule is C#CCCC(=O)C1CNc2ccccc2O1. The van der Waals surface area contributed by atoms with Gasteiger partial charge in [-0.25, -0.2) is 0 Å². The van der Waals surface area contributed by atoms with Crippen molar-refractivity contribution in [1.29, 1.82) is 0 Å². The molecule has 3 heteroatoms. The van der Waals surface area contributed by atoms with Crippen molar-refractivity contribution >= 4 is 11.5 Å². The third-order valence-corrected chi connectivity index (χ3v) is 2.51. The molecule has 0 spiro atoms. The highest BCUT2D eigenvalue weighted by atomic mass is 16.5. The van der Waals surface area contributed by atoms with E-state index in [1.165, 1.54) is 0 Å². The summed E-state index contributed by atoms with van der Waals surface area (Å²) in [6.07, 6.45) is 5.56. The highest BCUT2D eigenvalue weighted by molar-refractivity contribution is 5.85. The quantitative estimate of drug-likeness (QED) is 0.782. The first-order valence-electron chi connectivity index (χ1n) is 5.27. The number of benzene rings is 1. The van der Waals surface area contributed by atoms with Gasteiger partial charge in [-0.1, -0.05) is 12.1 Å². The van der Waals surface area contributed by atoms with Crippen molar-refractivity contribution in [2.75, 3.05) is 11.9 Å². The smallest absolute Gasteiger partial charge is 0.176 e. The first kappa shape index (κ1) is 10.6. The number of fused-ring (bicyclic) bond motifs is 1. The van der Waals surface area contributed by atoms with Gasteiger partial charge in [0.25, 0.3) is 0 Å². The van der Waals surface area contributed by atoms with E-state index in [4.69, 9.17) is 11.2 Å². The normalized spacial score (nSPS) is 17.6. The average molecular weight is 215 g/mol. The van der Waals surface area contributed by atoms with Crippen LogP contribution in [0.3, 0.4) is 0 Å². The molecule has 1 aliphatic rings. The zero-order valence-corrected chi connectivity index (χ0v) is 8.90. The molecule has 0 aromatic heterocycles. The van der Waals surface area contributed by atoms with Crippen LogP contribution < -0.4 is 10.1 Å². The van der Waals surface area contributed by atoms with Crippen LogP contribution in [0.1, 0.15) is 12.8 Å². The Labute approximate surface area is 94.8 Å². The predicted molar refractivity (Wildman–Crippen MR) is 62.4 cm³/mol. The van der Waals surface area contributed by atoms with Gasteiger partial charge in [-0.3, -0.25) is 4.79 Å². The standard InChI is InChI=1S/C13H13NO2/c1-2-3-7-11(15)13-9-14-10-6-4-5-8-12(10)16-13/h1,4-6,8,13-14H,3,7,9H2. The van der Waals surface area contributed by atoms with Crippen LogP contribution >= 0.6 is 0 Å². The van der Waals surface area contributed by atoms with Crippen LogP contribution in [-0.2, 0) is 4.79 Å². The van der Waals surface area contributed by atoms with Gasteiger partial charge in [-0.05, 0) is 12.1 Å². The van der Waals surface area contributed by atoms with Gasteiger partial charge in [0.1, 0.15) is 5.75 Å². The second-order valence-corrected chi connectivity index (χ2v) is 3.65. The minimum Gasteiger partial charge on any atom is -0.479 e. The van der Waals surface area contributed by atoms with Crippen molar-refractivity contribution in [2.24, 2.45) is 0 Å². The summed E-state index contributed by atoms with van der Waals surface area (Å²) in [5.41, 5.74) is 0.934. The number of para-hydroxylation sites is 2. The number of anilines is 1. The highest BCUT2D eigenvalue weighted by Crippen LogP contribution is 2.28. The molecule has 0 amide bonds. The third kappa shape index (κ3) is 2.17. The maximum absolute atomic E-state index is 11.7. The van der Waals surface area contributed by atoms with E-state index in [-0.39, 0.29) is 5.78 Å². The predicted octanol–water partition coefficient (Wildman–Crippen LogP) is 1.84. The van der Waals surface area contributed by atoms with E-state index in [0.717, 1.165) is 11.4 Å². The van der Waals surface area contributed by atoms with Crippen LogP contribution in [0.5, 0.6) is 5.75 Å². The van der Waals surface area contributed by atoms with E-state index in [0.29, 0.717) is 19.4 Å². The van der Waals surface area contributed by atoms with Crippen LogP contribution in [0.15, 0.2) is 24.3 Å². The third-order valence-electron chi connectivity index (χ3n) is 2.51. The van der Waals surface area contributed by atoms with Gasteiger partial charge in [0, 0.05) is 12.8 Å². The van der Waals surface area contributed by atoms with Gasteiger partial charge < -0.3 is 10.1 Å². The Hall–Kier alpha value is -1.95. The molecule has 0 aliphatic carbocycles. The first-order chi connectivity index (χ1) is 7.81. The molecule has 0 saturated carbocycles. The Kier molecular flexibility index (Phi) is 3.11. The molecule has 1 aromatic carbocycles. The van der Waals surface area contributed by atoms with Gasteiger partial charge in [0.2, 0.25) is 0 Å². The Morgan fingerprint density at radius 3 is 3.19 bits per heavy atom. The summed E-state index contributed by atoms with van der Waals surface area (Å²) >= 11 is 0. The molecule has 2 rings (SSSR count). The van der Waals surface area contributed by atoms with Gasteiger partial charge in [0.05, 0.1) is 12.2 Å². The highest BCUT2D eigenvalue weighted by Gasteiger charge is 2.24. The van der Waals surface area contributed by atoms with Gasteiger partial charge in [0.15, 0.2) is 11.9 Å². The van der Waals surface area contributed by atoms with Gasteiger partial charge >= 0.3 is 0 Å². The van der Waals surface area contributed by atoms with E-state index in [1.54, 1.807) is 0 Å². The molecule has 16 heavy (non-hydrogen) atoms. The molecule has 1 aliphatic heterocycles. The van der Waals surface area contributed by atoms with Gasteiger partial charge in [-0.15, -0.1) is 12.3 Å². The summed E-state index contributed by atoms with van der Waals surface area (Å²) in [5, 5.41) is 3.17. The first-order valence-corrected chi connectivity index (χ1v) is 5.27. The summed E-state index contributed by atoms with van der Waals surface area (Å²) in [4.78, 5) is 11.7. The van der Waals surface area contributed by atoms with Gasteiger partial charge in [-0.2, -0.15) is 0 Å². The van der Waals surface area contributed by atoms with E-state index < -0.39 is 6.10 Å². The van der Waals surface area contributed by atoms with E-state index >= 15 is 0 Å². The molecule has 82 valence electrons. The summed E-state index contributed by atoms with van der Waals surface area (Å²) in [5.74, 6) is 3.25. The number of hydrogen-bond acceptors (Lipinski definition) is 3. The minimum absolute atomic E-state index is 0.0555. The molecule has 0 fully saturated rings. The maximum Gasteiger partial charge on any atom is 0.176 e. The topological polar surface area (TPSA) is 38.3 Å². The Bertz CT molecular complexity index is 434. The van der Waals surface area contributed by atoms with Crippen molar-refractivity contribution in [2.45, 2.75) is 18.9 Å². The molecule has 0 bridgehead atoms. The van der Waals surface area contributed by atoms with Crippen LogP contribution in [0.25, 0.3) is 0 Å². The molecule has 1 atom stereocenters. The summed E-state index contributed by atoms with van der Waals surface area (Å²) in [6, 6.07) is 7.59. The fourth-order valence-electron chi connectivity index (χ4n) is 1.65. The summed E-state index contributed by atoms with van der Waals surface area (Å²) < 4.78 is 5.61. The molecule has 1 heterocycles. The molecule has 0 radical (unpaired) electrons. The number of nitrogens with one attached hydrogen (secondary N) is 1. The number of hydrogen-bond donors (Lipinski definition) is 1. The Morgan fingerprint density at radius 2 is 2.38 bits per heavy atom. The van der Waals surface area contributed by atoms with Crippen LogP contribution in [-0.4, -0.2) is 18.4 Å². The second kappa shape index (κ2) is 4.71. The average Bonchev–Trinajstić information content (AvgIpc) is 2.35. The maximum atomic E-state index is 11.7. The van der Waals surface area contributed by atoms with E-state index in [2.05, 4.69) is 11.2 Å². The second-order valence-electron chi connectivity index (χ2n) is 3.65. The lowest BCUT2D eigenvalue weighted by molar-refractivity contribution is -0.125. The Balaban J connectivity index is 2.03. The van der Waals surface area contributed by atoms with Crippen molar-refractivity contribution in [3.63, 3.8) is 0 Å². The molecular formula is C13H13NO2. The van der Waals surface area contributed by atoms with Crippen molar-refractivity contribution in [3.8, 4) is 18.1 Å². The van der Waals surface area contributed by atoms with E-state index in [1.807, 2.05) is 24.3 Å². The molecular weight excluding hydrogens is 202 g/mol. The van der Waals surface area contributed by atoms with Crippen molar-refractivity contribution < 1.29 is 9.53 Å². The number of carbonyl (C=O) groups excluding carboxylic acids is 1. The zero-order chi connectivity index (χ0) is 11.4. The van der Waals surface area contributed by atoms with Crippen LogP contribution in [0.4, 0.5) is 5.69 Å². The van der Waals surface area contributed by atoms with Crippen LogP contribution in [0, 0.1) is 12.3 Å². The summed E-state index contributed by atoms with van der Waals surface area (Å²) in [7, 11) is 0. The fraction of sp³-hybridized carbons (Fsp3) is 0.308. The lowest BCUT2D eigenvalue weighted by Crippen LogP contribution is -2.37. The molecule has 1 unspecified atom stereocenters. The molecule has 1 N–H and O–H groups in total. The molecule has 3 nitrogen and oxygen atoms in total. The lowest BCUT2D eigenvalue weighted by Gasteiger charge is -2.26. The fourth-order valence-corrected chi connectivity index (χ4v) is 1.65. The largest absolute Gasteiger partial charge is 0.479 e.